The first-order chi connectivity index (χ1) is 9.19. The molecule has 1 aliphatic carbocycles. The molecule has 1 saturated carbocycles. The number of hydrogen-bond donors (Lipinski definition) is 1. The van der Waals surface area contributed by atoms with Crippen LogP contribution < -0.4 is 4.90 Å². The van der Waals surface area contributed by atoms with Crippen molar-refractivity contribution in [2.75, 3.05) is 11.9 Å². The normalized spacial score (nSPS) is 14.7. The van der Waals surface area contributed by atoms with Gasteiger partial charge in [0, 0.05) is 18.7 Å². The molecule has 0 amide bonds. The first kappa shape index (κ1) is 12.6. The van der Waals surface area contributed by atoms with Crippen LogP contribution >= 0.6 is 11.3 Å². The summed E-state index contributed by atoms with van der Waals surface area (Å²) in [6.45, 7) is 0.0424. The molecule has 19 heavy (non-hydrogen) atoms. The predicted octanol–water partition coefficient (Wildman–Crippen LogP) is 3.42. The van der Waals surface area contributed by atoms with E-state index >= 15 is 0 Å². The fourth-order valence-corrected chi connectivity index (χ4v) is 3.05. The van der Waals surface area contributed by atoms with Crippen LogP contribution in [0.2, 0.25) is 0 Å². The Hall–Kier alpha value is -1.46. The fraction of sp³-hybridized carbons (Fsp3) is 0.357. The molecule has 1 aliphatic rings. The van der Waals surface area contributed by atoms with Crippen LogP contribution in [0.1, 0.15) is 29.3 Å². The van der Waals surface area contributed by atoms with E-state index in [9.17, 15) is 9.50 Å². The molecular formula is C14H15FN2OS. The van der Waals surface area contributed by atoms with E-state index in [4.69, 9.17) is 0 Å². The first-order valence-electron chi connectivity index (χ1n) is 6.29. The van der Waals surface area contributed by atoms with E-state index in [2.05, 4.69) is 4.98 Å². The van der Waals surface area contributed by atoms with Crippen molar-refractivity contribution in [3.63, 3.8) is 0 Å². The molecule has 0 spiro atoms. The SMILES string of the molecule is CN(c1ccc(F)cc1)c1nc(C2CC2)c(CO)s1. The minimum atomic E-state index is -0.244. The van der Waals surface area contributed by atoms with Gasteiger partial charge in [-0.1, -0.05) is 11.3 Å². The number of benzene rings is 1. The third-order valence-electron chi connectivity index (χ3n) is 3.32. The van der Waals surface area contributed by atoms with Crippen molar-refractivity contribution in [1.29, 1.82) is 0 Å². The molecule has 5 heteroatoms. The molecule has 2 aromatic rings. The number of thiazole rings is 1. The molecule has 1 N–H and O–H groups in total. The van der Waals surface area contributed by atoms with Crippen LogP contribution in [0.25, 0.3) is 0 Å². The zero-order valence-corrected chi connectivity index (χ0v) is 11.5. The van der Waals surface area contributed by atoms with Crippen LogP contribution in [0.15, 0.2) is 24.3 Å². The molecule has 0 bridgehead atoms. The summed E-state index contributed by atoms with van der Waals surface area (Å²) in [5.41, 5.74) is 1.93. The van der Waals surface area contributed by atoms with Gasteiger partial charge in [-0.15, -0.1) is 0 Å². The lowest BCUT2D eigenvalue weighted by Gasteiger charge is -2.15. The van der Waals surface area contributed by atoms with E-state index in [1.165, 1.54) is 23.5 Å². The smallest absolute Gasteiger partial charge is 0.190 e. The van der Waals surface area contributed by atoms with Crippen LogP contribution in [-0.4, -0.2) is 17.1 Å². The van der Waals surface area contributed by atoms with Crippen molar-refractivity contribution in [3.8, 4) is 0 Å². The number of rotatable bonds is 4. The maximum Gasteiger partial charge on any atom is 0.190 e. The Labute approximate surface area is 115 Å². The molecule has 3 nitrogen and oxygen atoms in total. The minimum Gasteiger partial charge on any atom is -0.391 e. The molecule has 100 valence electrons. The van der Waals surface area contributed by atoms with Crippen LogP contribution in [0.3, 0.4) is 0 Å². The number of aliphatic hydroxyl groups excluding tert-OH is 1. The van der Waals surface area contributed by atoms with Gasteiger partial charge in [0.2, 0.25) is 0 Å². The summed E-state index contributed by atoms with van der Waals surface area (Å²) in [4.78, 5) is 7.51. The Morgan fingerprint density at radius 1 is 1.37 bits per heavy atom. The summed E-state index contributed by atoms with van der Waals surface area (Å²) in [5, 5.41) is 10.2. The number of anilines is 2. The molecule has 1 fully saturated rings. The summed E-state index contributed by atoms with van der Waals surface area (Å²) in [6.07, 6.45) is 2.33. The van der Waals surface area contributed by atoms with Crippen molar-refractivity contribution in [2.24, 2.45) is 0 Å². The lowest BCUT2D eigenvalue weighted by atomic mass is 10.2. The number of halogens is 1. The number of hydrogen-bond acceptors (Lipinski definition) is 4. The number of aromatic nitrogens is 1. The molecule has 3 rings (SSSR count). The third kappa shape index (κ3) is 2.48. The van der Waals surface area contributed by atoms with Gasteiger partial charge in [-0.25, -0.2) is 9.37 Å². The Kier molecular flexibility index (Phi) is 3.24. The van der Waals surface area contributed by atoms with Gasteiger partial charge in [0.05, 0.1) is 17.2 Å². The fourth-order valence-electron chi connectivity index (χ4n) is 2.06. The van der Waals surface area contributed by atoms with E-state index in [0.717, 1.165) is 34.2 Å². The molecule has 1 heterocycles. The van der Waals surface area contributed by atoms with E-state index in [-0.39, 0.29) is 12.4 Å². The van der Waals surface area contributed by atoms with Crippen molar-refractivity contribution < 1.29 is 9.50 Å². The van der Waals surface area contributed by atoms with Crippen molar-refractivity contribution >= 4 is 22.2 Å². The number of nitrogens with zero attached hydrogens (tertiary/aromatic N) is 2. The van der Waals surface area contributed by atoms with Crippen molar-refractivity contribution in [1.82, 2.24) is 4.98 Å². The average molecular weight is 278 g/mol. The molecule has 1 aromatic carbocycles. The Morgan fingerprint density at radius 3 is 2.63 bits per heavy atom. The highest BCUT2D eigenvalue weighted by molar-refractivity contribution is 7.15. The molecule has 1 aromatic heterocycles. The van der Waals surface area contributed by atoms with Crippen LogP contribution in [0, 0.1) is 5.82 Å². The van der Waals surface area contributed by atoms with E-state index in [1.54, 1.807) is 12.1 Å². The van der Waals surface area contributed by atoms with Crippen LogP contribution in [0.4, 0.5) is 15.2 Å². The molecule has 0 aliphatic heterocycles. The van der Waals surface area contributed by atoms with Gasteiger partial charge in [-0.3, -0.25) is 0 Å². The van der Waals surface area contributed by atoms with Crippen LogP contribution in [0.5, 0.6) is 0 Å². The monoisotopic (exact) mass is 278 g/mol. The summed E-state index contributed by atoms with van der Waals surface area (Å²) in [7, 11) is 1.91. The second-order valence-electron chi connectivity index (χ2n) is 4.77. The highest BCUT2D eigenvalue weighted by Gasteiger charge is 2.30. The van der Waals surface area contributed by atoms with Gasteiger partial charge < -0.3 is 10.0 Å². The summed E-state index contributed by atoms with van der Waals surface area (Å²) in [5.74, 6) is 0.278. The Balaban J connectivity index is 1.90. The second kappa shape index (κ2) is 4.90. The van der Waals surface area contributed by atoms with Crippen molar-refractivity contribution in [3.05, 3.63) is 40.7 Å². The average Bonchev–Trinajstić information content (AvgIpc) is 3.18. The topological polar surface area (TPSA) is 36.4 Å². The lowest BCUT2D eigenvalue weighted by Crippen LogP contribution is -2.08. The summed E-state index contributed by atoms with van der Waals surface area (Å²) < 4.78 is 12.9. The molecule has 0 radical (unpaired) electrons. The maximum absolute atomic E-state index is 12.9. The summed E-state index contributed by atoms with van der Waals surface area (Å²) in [6, 6.07) is 6.33. The zero-order chi connectivity index (χ0) is 13.4. The summed E-state index contributed by atoms with van der Waals surface area (Å²) >= 11 is 1.51. The number of aliphatic hydroxyl groups is 1. The highest BCUT2D eigenvalue weighted by Crippen LogP contribution is 2.44. The molecular weight excluding hydrogens is 263 g/mol. The van der Waals surface area contributed by atoms with Gasteiger partial charge in [0.15, 0.2) is 5.13 Å². The highest BCUT2D eigenvalue weighted by atomic mass is 32.1. The zero-order valence-electron chi connectivity index (χ0n) is 10.6. The van der Waals surface area contributed by atoms with E-state index in [0.29, 0.717) is 5.92 Å². The maximum atomic E-state index is 12.9. The molecule has 0 saturated heterocycles. The lowest BCUT2D eigenvalue weighted by molar-refractivity contribution is 0.284. The minimum absolute atomic E-state index is 0.0424. The quantitative estimate of drug-likeness (QED) is 0.931. The van der Waals surface area contributed by atoms with Gasteiger partial charge in [-0.05, 0) is 37.1 Å². The second-order valence-corrected chi connectivity index (χ2v) is 5.83. The van der Waals surface area contributed by atoms with Gasteiger partial charge in [0.25, 0.3) is 0 Å². The van der Waals surface area contributed by atoms with Crippen LogP contribution in [-0.2, 0) is 6.61 Å². The predicted molar refractivity (Wildman–Crippen MR) is 74.5 cm³/mol. The largest absolute Gasteiger partial charge is 0.391 e. The molecule has 0 atom stereocenters. The van der Waals surface area contributed by atoms with Crippen molar-refractivity contribution in [2.45, 2.75) is 25.4 Å². The Bertz CT molecular complexity index is 578. The van der Waals surface area contributed by atoms with E-state index < -0.39 is 0 Å². The third-order valence-corrected chi connectivity index (χ3v) is 4.46. The van der Waals surface area contributed by atoms with Gasteiger partial charge in [0.1, 0.15) is 5.82 Å². The standard InChI is InChI=1S/C14H15FN2OS/c1-17(11-6-4-10(15)5-7-11)14-16-13(9-2-3-9)12(8-18)19-14/h4-7,9,18H,2-3,8H2,1H3. The first-order valence-corrected chi connectivity index (χ1v) is 7.10. The van der Waals surface area contributed by atoms with Gasteiger partial charge >= 0.3 is 0 Å². The van der Waals surface area contributed by atoms with Gasteiger partial charge in [-0.2, -0.15) is 0 Å². The molecule has 0 unspecified atom stereocenters. The Morgan fingerprint density at radius 2 is 2.05 bits per heavy atom. The van der Waals surface area contributed by atoms with E-state index in [1.807, 2.05) is 11.9 Å².